The first-order chi connectivity index (χ1) is 16.4. The molecular formula is C24H23Br2N3O4S. The van der Waals surface area contributed by atoms with Crippen LogP contribution in [0.2, 0.25) is 0 Å². The number of halogens is 2. The van der Waals surface area contributed by atoms with Gasteiger partial charge in [-0.05, 0) is 81.7 Å². The second kappa shape index (κ2) is 12.7. The van der Waals surface area contributed by atoms with Crippen LogP contribution in [0.15, 0.2) is 63.5 Å². The van der Waals surface area contributed by atoms with Gasteiger partial charge in [-0.25, -0.2) is 0 Å². The smallest absolute Gasteiger partial charge is 0.276 e. The SMILES string of the molecule is CCCCOc1cccc(C(=O)NC(=S)NNC(=O)COc2ccc3cc(Br)ccc3c2Br)c1. The van der Waals surface area contributed by atoms with Crippen LogP contribution in [0, 0.1) is 0 Å². The Morgan fingerprint density at radius 2 is 1.82 bits per heavy atom. The molecule has 0 bridgehead atoms. The normalized spacial score (nSPS) is 10.4. The fourth-order valence-corrected chi connectivity index (χ4v) is 4.06. The summed E-state index contributed by atoms with van der Waals surface area (Å²) in [5.41, 5.74) is 5.29. The van der Waals surface area contributed by atoms with E-state index in [-0.39, 0.29) is 11.7 Å². The number of thiocarbonyl (C=S) groups is 1. The van der Waals surface area contributed by atoms with Crippen LogP contribution in [0.4, 0.5) is 0 Å². The van der Waals surface area contributed by atoms with Gasteiger partial charge in [-0.15, -0.1) is 0 Å². The van der Waals surface area contributed by atoms with Crippen molar-refractivity contribution in [2.45, 2.75) is 19.8 Å². The number of hydrazine groups is 1. The number of rotatable bonds is 8. The first-order valence-electron chi connectivity index (χ1n) is 10.5. The van der Waals surface area contributed by atoms with Gasteiger partial charge in [0.15, 0.2) is 11.7 Å². The molecule has 3 rings (SSSR count). The molecule has 2 amide bonds. The monoisotopic (exact) mass is 607 g/mol. The minimum Gasteiger partial charge on any atom is -0.494 e. The molecule has 3 aromatic rings. The Kier molecular flexibility index (Phi) is 9.67. The molecule has 0 saturated heterocycles. The van der Waals surface area contributed by atoms with E-state index in [1.807, 2.05) is 24.3 Å². The number of hydrogen-bond donors (Lipinski definition) is 3. The number of nitrogens with one attached hydrogen (secondary N) is 3. The van der Waals surface area contributed by atoms with Gasteiger partial charge in [0.25, 0.3) is 11.8 Å². The van der Waals surface area contributed by atoms with Crippen LogP contribution in [-0.4, -0.2) is 30.1 Å². The fraction of sp³-hybridized carbons (Fsp3) is 0.208. The Bertz CT molecular complexity index is 1210. The highest BCUT2D eigenvalue weighted by Gasteiger charge is 2.12. The highest BCUT2D eigenvalue weighted by molar-refractivity contribution is 9.11. The summed E-state index contributed by atoms with van der Waals surface area (Å²) in [6.45, 7) is 2.41. The molecule has 0 aliphatic heterocycles. The van der Waals surface area contributed by atoms with Crippen molar-refractivity contribution in [3.63, 3.8) is 0 Å². The summed E-state index contributed by atoms with van der Waals surface area (Å²) in [7, 11) is 0. The third kappa shape index (κ3) is 7.41. The molecule has 34 heavy (non-hydrogen) atoms. The third-order valence-corrected chi connectivity index (χ3v) is 6.16. The number of ether oxygens (including phenoxy) is 2. The number of fused-ring (bicyclic) bond motifs is 1. The predicted octanol–water partition coefficient (Wildman–Crippen LogP) is 5.26. The molecule has 178 valence electrons. The molecule has 3 aromatic carbocycles. The topological polar surface area (TPSA) is 88.7 Å². The van der Waals surface area contributed by atoms with Gasteiger partial charge in [-0.2, -0.15) is 0 Å². The fourth-order valence-electron chi connectivity index (χ4n) is 2.93. The third-order valence-electron chi connectivity index (χ3n) is 4.64. The van der Waals surface area contributed by atoms with Crippen LogP contribution in [-0.2, 0) is 4.79 Å². The summed E-state index contributed by atoms with van der Waals surface area (Å²) in [6, 6.07) is 16.4. The van der Waals surface area contributed by atoms with E-state index in [4.69, 9.17) is 21.7 Å². The summed E-state index contributed by atoms with van der Waals surface area (Å²) in [6.07, 6.45) is 1.96. The van der Waals surface area contributed by atoms with E-state index in [1.165, 1.54) is 0 Å². The second-order valence-corrected chi connectivity index (χ2v) is 9.34. The molecule has 0 aliphatic carbocycles. The minimum absolute atomic E-state index is 0.0480. The Hall–Kier alpha value is -2.69. The van der Waals surface area contributed by atoms with Gasteiger partial charge in [0.05, 0.1) is 11.1 Å². The maximum absolute atomic E-state index is 12.4. The van der Waals surface area contributed by atoms with Crippen LogP contribution in [0.25, 0.3) is 10.8 Å². The number of benzene rings is 3. The van der Waals surface area contributed by atoms with Gasteiger partial charge in [0.2, 0.25) is 0 Å². The van der Waals surface area contributed by atoms with Gasteiger partial charge in [-0.1, -0.05) is 47.5 Å². The first-order valence-corrected chi connectivity index (χ1v) is 12.5. The average molecular weight is 609 g/mol. The van der Waals surface area contributed by atoms with E-state index in [2.05, 4.69) is 55.0 Å². The molecule has 0 radical (unpaired) electrons. The lowest BCUT2D eigenvalue weighted by Gasteiger charge is -2.13. The quantitative estimate of drug-likeness (QED) is 0.184. The zero-order valence-electron chi connectivity index (χ0n) is 18.3. The molecule has 0 aliphatic rings. The van der Waals surface area contributed by atoms with E-state index in [0.717, 1.165) is 32.6 Å². The Balaban J connectivity index is 1.46. The Morgan fingerprint density at radius 1 is 1.00 bits per heavy atom. The molecule has 10 heteroatoms. The summed E-state index contributed by atoms with van der Waals surface area (Å²) < 4.78 is 13.0. The molecule has 0 atom stereocenters. The maximum Gasteiger partial charge on any atom is 0.276 e. The molecule has 0 heterocycles. The van der Waals surface area contributed by atoms with Crippen molar-refractivity contribution in [3.05, 3.63) is 69.1 Å². The number of carbonyl (C=O) groups is 2. The summed E-state index contributed by atoms with van der Waals surface area (Å²) in [5.74, 6) is 0.251. The van der Waals surface area contributed by atoms with Crippen LogP contribution in [0.5, 0.6) is 11.5 Å². The molecule has 7 nitrogen and oxygen atoms in total. The average Bonchev–Trinajstić information content (AvgIpc) is 2.82. The number of carbonyl (C=O) groups excluding carboxylic acids is 2. The minimum atomic E-state index is -0.467. The van der Waals surface area contributed by atoms with Crippen molar-refractivity contribution in [2.75, 3.05) is 13.2 Å². The van der Waals surface area contributed by atoms with Crippen LogP contribution in [0.1, 0.15) is 30.1 Å². The molecule has 0 unspecified atom stereocenters. The lowest BCUT2D eigenvalue weighted by Crippen LogP contribution is -2.49. The molecule has 0 saturated carbocycles. The van der Waals surface area contributed by atoms with Crippen molar-refractivity contribution in [1.29, 1.82) is 0 Å². The van der Waals surface area contributed by atoms with Crippen LogP contribution in [0.3, 0.4) is 0 Å². The van der Waals surface area contributed by atoms with Gasteiger partial charge in [0.1, 0.15) is 11.5 Å². The van der Waals surface area contributed by atoms with E-state index < -0.39 is 11.8 Å². The Labute approximate surface area is 219 Å². The second-order valence-electron chi connectivity index (χ2n) is 7.22. The van der Waals surface area contributed by atoms with E-state index in [0.29, 0.717) is 23.7 Å². The van der Waals surface area contributed by atoms with E-state index in [9.17, 15) is 9.59 Å². The van der Waals surface area contributed by atoms with Crippen LogP contribution < -0.4 is 25.6 Å². The van der Waals surface area contributed by atoms with Crippen molar-refractivity contribution >= 4 is 71.8 Å². The van der Waals surface area contributed by atoms with Gasteiger partial charge >= 0.3 is 0 Å². The van der Waals surface area contributed by atoms with Gasteiger partial charge < -0.3 is 9.47 Å². The highest BCUT2D eigenvalue weighted by Crippen LogP contribution is 2.34. The molecule has 3 N–H and O–H groups in total. The molecular weight excluding hydrogens is 586 g/mol. The molecule has 0 aromatic heterocycles. The summed E-state index contributed by atoms with van der Waals surface area (Å²) in [5, 5.41) is 4.45. The number of amides is 2. The first kappa shape index (κ1) is 25.9. The zero-order chi connectivity index (χ0) is 24.5. The van der Waals surface area contributed by atoms with Crippen molar-refractivity contribution in [2.24, 2.45) is 0 Å². The molecule has 0 fully saturated rings. The molecule has 0 spiro atoms. The van der Waals surface area contributed by atoms with E-state index in [1.54, 1.807) is 30.3 Å². The maximum atomic E-state index is 12.4. The summed E-state index contributed by atoms with van der Waals surface area (Å²) in [4.78, 5) is 24.6. The zero-order valence-corrected chi connectivity index (χ0v) is 22.3. The number of hydrogen-bond acceptors (Lipinski definition) is 5. The number of unbranched alkanes of at least 4 members (excludes halogenated alkanes) is 1. The van der Waals surface area contributed by atoms with Crippen molar-refractivity contribution in [3.8, 4) is 11.5 Å². The predicted molar refractivity (Wildman–Crippen MR) is 143 cm³/mol. The highest BCUT2D eigenvalue weighted by atomic mass is 79.9. The summed E-state index contributed by atoms with van der Waals surface area (Å²) >= 11 is 12.1. The van der Waals surface area contributed by atoms with Gasteiger partial charge in [0, 0.05) is 10.0 Å². The standard InChI is InChI=1S/C24H23Br2N3O4S/c1-2-3-11-32-18-6-4-5-16(13-18)23(31)27-24(34)29-28-21(30)14-33-20-10-7-15-12-17(25)8-9-19(15)22(20)26/h4-10,12-13H,2-3,11,14H2,1H3,(H,28,30)(H2,27,29,31,34). The Morgan fingerprint density at radius 3 is 2.62 bits per heavy atom. The largest absolute Gasteiger partial charge is 0.494 e. The van der Waals surface area contributed by atoms with Crippen molar-refractivity contribution in [1.82, 2.24) is 16.2 Å². The lowest BCUT2D eigenvalue weighted by atomic mass is 10.1. The van der Waals surface area contributed by atoms with Gasteiger partial charge in [-0.3, -0.25) is 25.8 Å². The van der Waals surface area contributed by atoms with Crippen LogP contribution >= 0.6 is 44.1 Å². The van der Waals surface area contributed by atoms with E-state index >= 15 is 0 Å². The lowest BCUT2D eigenvalue weighted by molar-refractivity contribution is -0.123. The van der Waals surface area contributed by atoms with Crippen molar-refractivity contribution < 1.29 is 19.1 Å².